The molecule has 0 unspecified atom stereocenters. The van der Waals surface area contributed by atoms with Crippen molar-refractivity contribution in [3.8, 4) is 23.5 Å². The molecule has 1 atom stereocenters. The average molecular weight is 319 g/mol. The van der Waals surface area contributed by atoms with Crippen molar-refractivity contribution in [3.05, 3.63) is 59.7 Å². The van der Waals surface area contributed by atoms with Crippen LogP contribution in [0.5, 0.6) is 0 Å². The molecule has 0 saturated heterocycles. The first kappa shape index (κ1) is 15.8. The third kappa shape index (κ3) is 2.65. The lowest BCUT2D eigenvalue weighted by Crippen LogP contribution is -2.43. The number of ether oxygens (including phenoxy) is 1. The zero-order valence-electron chi connectivity index (χ0n) is 13.3. The van der Waals surface area contributed by atoms with Crippen molar-refractivity contribution in [3.63, 3.8) is 0 Å². The Morgan fingerprint density at radius 3 is 2.17 bits per heavy atom. The molecule has 4 nitrogen and oxygen atoms in total. The Morgan fingerprint density at radius 2 is 1.67 bits per heavy atom. The van der Waals surface area contributed by atoms with E-state index in [0.717, 1.165) is 22.3 Å². The highest BCUT2D eigenvalue weighted by Gasteiger charge is 2.35. The van der Waals surface area contributed by atoms with Gasteiger partial charge in [-0.05, 0) is 22.3 Å². The maximum atomic E-state index is 12.9. The van der Waals surface area contributed by atoms with Gasteiger partial charge in [-0.15, -0.1) is 12.3 Å². The quantitative estimate of drug-likeness (QED) is 0.696. The summed E-state index contributed by atoms with van der Waals surface area (Å²) in [6.45, 7) is 0. The highest BCUT2D eigenvalue weighted by Crippen LogP contribution is 2.44. The Morgan fingerprint density at radius 1 is 1.12 bits per heavy atom. The van der Waals surface area contributed by atoms with Crippen LogP contribution in [0.15, 0.2) is 48.5 Å². The molecule has 4 heteroatoms. The van der Waals surface area contributed by atoms with Crippen molar-refractivity contribution >= 4 is 11.9 Å². The fraction of sp³-hybridized carbons (Fsp3) is 0.200. The minimum atomic E-state index is -0.840. The standard InChI is InChI=1S/C20H17NO3/c1-3-8-17(20(23)24-2)21-19(22)18-15-11-6-4-9-13(15)14-10-5-7-12-16(14)18/h1,4-7,9-12,17-18H,8H2,2H3,(H,21,22)/t17-/m1/s1. The van der Waals surface area contributed by atoms with Gasteiger partial charge in [0.15, 0.2) is 0 Å². The van der Waals surface area contributed by atoms with Crippen molar-refractivity contribution in [2.75, 3.05) is 7.11 Å². The first-order chi connectivity index (χ1) is 11.7. The van der Waals surface area contributed by atoms with E-state index < -0.39 is 17.9 Å². The predicted molar refractivity (Wildman–Crippen MR) is 91.1 cm³/mol. The molecule has 0 aromatic heterocycles. The minimum Gasteiger partial charge on any atom is -0.467 e. The Hall–Kier alpha value is -3.06. The average Bonchev–Trinajstić information content (AvgIpc) is 2.95. The maximum absolute atomic E-state index is 12.9. The molecule has 1 amide bonds. The molecule has 2 aromatic carbocycles. The molecule has 0 spiro atoms. The summed E-state index contributed by atoms with van der Waals surface area (Å²) in [6.07, 6.45) is 5.39. The van der Waals surface area contributed by atoms with Crippen LogP contribution in [0, 0.1) is 12.3 Å². The van der Waals surface area contributed by atoms with Crippen molar-refractivity contribution in [2.45, 2.75) is 18.4 Å². The van der Waals surface area contributed by atoms with E-state index in [1.165, 1.54) is 7.11 Å². The molecule has 0 aliphatic heterocycles. The number of methoxy groups -OCH3 is 1. The maximum Gasteiger partial charge on any atom is 0.329 e. The van der Waals surface area contributed by atoms with Gasteiger partial charge in [0.25, 0.3) is 0 Å². The van der Waals surface area contributed by atoms with Gasteiger partial charge >= 0.3 is 5.97 Å². The number of carbonyl (C=O) groups is 2. The van der Waals surface area contributed by atoms with E-state index in [0.29, 0.717) is 0 Å². The normalized spacial score (nSPS) is 13.3. The van der Waals surface area contributed by atoms with Gasteiger partial charge in [0.1, 0.15) is 6.04 Å². The van der Waals surface area contributed by atoms with E-state index in [9.17, 15) is 9.59 Å². The van der Waals surface area contributed by atoms with Gasteiger partial charge in [-0.1, -0.05) is 48.5 Å². The van der Waals surface area contributed by atoms with Gasteiger partial charge in [-0.3, -0.25) is 4.79 Å². The number of fused-ring (bicyclic) bond motifs is 3. The van der Waals surface area contributed by atoms with Crippen LogP contribution >= 0.6 is 0 Å². The summed E-state index contributed by atoms with van der Waals surface area (Å²) >= 11 is 0. The topological polar surface area (TPSA) is 55.4 Å². The first-order valence-electron chi connectivity index (χ1n) is 7.67. The van der Waals surface area contributed by atoms with E-state index in [1.807, 2.05) is 48.5 Å². The molecule has 1 aliphatic rings. The highest BCUT2D eigenvalue weighted by molar-refractivity contribution is 5.97. The number of carbonyl (C=O) groups excluding carboxylic acids is 2. The van der Waals surface area contributed by atoms with Gasteiger partial charge < -0.3 is 10.1 Å². The highest BCUT2D eigenvalue weighted by atomic mass is 16.5. The Kier molecular flexibility index (Phi) is 4.35. The second-order valence-corrected chi connectivity index (χ2v) is 5.60. The Bertz CT molecular complexity index is 789. The molecule has 0 radical (unpaired) electrons. The number of benzene rings is 2. The smallest absolute Gasteiger partial charge is 0.329 e. The van der Waals surface area contributed by atoms with Gasteiger partial charge in [0, 0.05) is 6.42 Å². The zero-order valence-corrected chi connectivity index (χ0v) is 13.3. The molecule has 0 saturated carbocycles. The Labute approximate surface area is 140 Å². The summed E-state index contributed by atoms with van der Waals surface area (Å²) < 4.78 is 4.72. The number of hydrogen-bond acceptors (Lipinski definition) is 3. The van der Waals surface area contributed by atoms with Crippen LogP contribution in [-0.4, -0.2) is 25.0 Å². The molecular formula is C20H17NO3. The van der Waals surface area contributed by atoms with Crippen LogP contribution in [0.1, 0.15) is 23.5 Å². The molecule has 0 heterocycles. The third-order valence-corrected chi connectivity index (χ3v) is 4.22. The lowest BCUT2D eigenvalue weighted by atomic mass is 9.95. The number of hydrogen-bond donors (Lipinski definition) is 1. The number of amides is 1. The molecule has 1 aliphatic carbocycles. The van der Waals surface area contributed by atoms with Crippen LogP contribution in [0.4, 0.5) is 0 Å². The van der Waals surface area contributed by atoms with Gasteiger partial charge in [0.05, 0.1) is 13.0 Å². The first-order valence-corrected chi connectivity index (χ1v) is 7.67. The molecule has 1 N–H and O–H groups in total. The van der Waals surface area contributed by atoms with Crippen LogP contribution in [0.3, 0.4) is 0 Å². The van der Waals surface area contributed by atoms with Gasteiger partial charge in [0.2, 0.25) is 5.91 Å². The van der Waals surface area contributed by atoms with Crippen molar-refractivity contribution in [1.29, 1.82) is 0 Å². The van der Waals surface area contributed by atoms with E-state index in [-0.39, 0.29) is 12.3 Å². The van der Waals surface area contributed by atoms with Crippen LogP contribution in [0.2, 0.25) is 0 Å². The third-order valence-electron chi connectivity index (χ3n) is 4.22. The van der Waals surface area contributed by atoms with E-state index in [4.69, 9.17) is 11.2 Å². The summed E-state index contributed by atoms with van der Waals surface area (Å²) in [5.41, 5.74) is 3.95. The van der Waals surface area contributed by atoms with Crippen LogP contribution < -0.4 is 5.32 Å². The van der Waals surface area contributed by atoms with Crippen molar-refractivity contribution in [2.24, 2.45) is 0 Å². The zero-order chi connectivity index (χ0) is 17.1. The SMILES string of the molecule is C#CC[C@@H](NC(=O)C1c2ccccc2-c2ccccc21)C(=O)OC. The summed E-state index contributed by atoms with van der Waals surface area (Å²) in [4.78, 5) is 24.7. The largest absolute Gasteiger partial charge is 0.467 e. The lowest BCUT2D eigenvalue weighted by Gasteiger charge is -2.18. The molecule has 0 bridgehead atoms. The number of rotatable bonds is 4. The van der Waals surface area contributed by atoms with Crippen molar-refractivity contribution < 1.29 is 14.3 Å². The van der Waals surface area contributed by atoms with Crippen molar-refractivity contribution in [1.82, 2.24) is 5.32 Å². The fourth-order valence-corrected chi connectivity index (χ4v) is 3.15. The molecule has 0 fully saturated rings. The van der Waals surface area contributed by atoms with E-state index in [2.05, 4.69) is 11.2 Å². The van der Waals surface area contributed by atoms with Gasteiger partial charge in [-0.2, -0.15) is 0 Å². The summed E-state index contributed by atoms with van der Waals surface area (Å²) in [5, 5.41) is 2.74. The fourth-order valence-electron chi connectivity index (χ4n) is 3.15. The molecule has 120 valence electrons. The van der Waals surface area contributed by atoms with E-state index >= 15 is 0 Å². The molecule has 24 heavy (non-hydrogen) atoms. The minimum absolute atomic E-state index is 0.0917. The second kappa shape index (κ2) is 6.59. The lowest BCUT2D eigenvalue weighted by molar-refractivity contribution is -0.145. The summed E-state index contributed by atoms with van der Waals surface area (Å²) in [7, 11) is 1.28. The molecule has 2 aromatic rings. The molecule has 3 rings (SSSR count). The van der Waals surface area contributed by atoms with Crippen LogP contribution in [0.25, 0.3) is 11.1 Å². The Balaban J connectivity index is 1.95. The van der Waals surface area contributed by atoms with E-state index in [1.54, 1.807) is 0 Å². The number of esters is 1. The number of nitrogens with one attached hydrogen (secondary N) is 1. The number of terminal acetylenes is 1. The summed E-state index contributed by atoms with van der Waals surface area (Å²) in [5.74, 6) is 1.15. The second-order valence-electron chi connectivity index (χ2n) is 5.60. The van der Waals surface area contributed by atoms with Gasteiger partial charge in [-0.25, -0.2) is 4.79 Å². The summed E-state index contributed by atoms with van der Waals surface area (Å²) in [6, 6.07) is 14.8. The van der Waals surface area contributed by atoms with Crippen LogP contribution in [-0.2, 0) is 14.3 Å². The predicted octanol–water partition coefficient (Wildman–Crippen LogP) is 2.48. The molecular weight excluding hydrogens is 302 g/mol. The monoisotopic (exact) mass is 319 g/mol.